The van der Waals surface area contributed by atoms with E-state index < -0.39 is 69.6 Å². The van der Waals surface area contributed by atoms with Crippen LogP contribution in [-0.2, 0) is 22.8 Å². The van der Waals surface area contributed by atoms with Crippen molar-refractivity contribution in [3.05, 3.63) is 0 Å². The fourth-order valence-corrected chi connectivity index (χ4v) is 4.24. The molecule has 0 amide bonds. The molecule has 200 valence electrons. The molecule has 0 heterocycles. The number of hydrogen-bond donors (Lipinski definition) is 0. The Kier molecular flexibility index (Phi) is 10.6. The third-order valence-corrected chi connectivity index (χ3v) is 6.78. The predicted octanol–water partition coefficient (Wildman–Crippen LogP) is 5.94. The van der Waals surface area contributed by atoms with Crippen LogP contribution in [0.1, 0.15) is 20.8 Å². The Hall–Kier alpha value is -0.413. The molecular weight excluding hydrogens is 591 g/mol. The van der Waals surface area contributed by atoms with E-state index in [1.165, 1.54) is 0 Å². The Bertz CT molecular complexity index is 617. The zero-order chi connectivity index (χ0) is 26.7. The lowest BCUT2D eigenvalue weighted by Gasteiger charge is -2.38. The Morgan fingerprint density at radius 3 is 1.33 bits per heavy atom. The van der Waals surface area contributed by atoms with Crippen LogP contribution in [0.5, 0.6) is 0 Å². The fourth-order valence-electron chi connectivity index (χ4n) is 1.85. The van der Waals surface area contributed by atoms with Crippen LogP contribution in [0.25, 0.3) is 0 Å². The number of halogens is 14. The lowest BCUT2D eigenvalue weighted by atomic mass is 10.3. The topological polar surface area (TPSA) is 46.2 Å². The molecule has 33 heavy (non-hydrogen) atoms. The van der Waals surface area contributed by atoms with Crippen molar-refractivity contribution in [1.82, 2.24) is 0 Å². The summed E-state index contributed by atoms with van der Waals surface area (Å²) in [6, 6.07) is 0. The van der Waals surface area contributed by atoms with Crippen LogP contribution in [-0.4, -0.2) is 69.6 Å². The van der Waals surface area contributed by atoms with Gasteiger partial charge in [-0.3, -0.25) is 4.74 Å². The summed E-state index contributed by atoms with van der Waals surface area (Å²) in [5, 5.41) is 0. The molecule has 0 saturated carbocycles. The highest BCUT2D eigenvalue weighted by Crippen LogP contribution is 2.53. The summed E-state index contributed by atoms with van der Waals surface area (Å²) >= 11 is 0.801. The Labute approximate surface area is 186 Å². The molecule has 0 aromatic carbocycles. The molecule has 0 aromatic rings. The lowest BCUT2D eigenvalue weighted by molar-refractivity contribution is -0.508. The van der Waals surface area contributed by atoms with E-state index in [4.69, 9.17) is 0 Å². The van der Waals surface area contributed by atoms with Gasteiger partial charge in [0.1, 0.15) is 0 Å². The molecule has 0 spiro atoms. The van der Waals surface area contributed by atoms with Gasteiger partial charge in [0.2, 0.25) is 0 Å². The van der Waals surface area contributed by atoms with Crippen LogP contribution >= 0.6 is 15.9 Å². The smallest absolute Gasteiger partial charge is 0.370 e. The molecule has 1 unspecified atom stereocenters. The second-order valence-electron chi connectivity index (χ2n) is 5.64. The highest BCUT2D eigenvalue weighted by Gasteiger charge is 2.80. The van der Waals surface area contributed by atoms with Gasteiger partial charge in [-0.1, -0.05) is 0 Å². The summed E-state index contributed by atoms with van der Waals surface area (Å²) in [7, 11) is -5.71. The largest absolute Gasteiger partial charge is 0.581 e. The van der Waals surface area contributed by atoms with E-state index in [9.17, 15) is 57.1 Å². The van der Waals surface area contributed by atoms with Gasteiger partial charge in [-0.15, -0.1) is 0 Å². The van der Waals surface area contributed by atoms with Crippen molar-refractivity contribution in [2.45, 2.75) is 61.8 Å². The molecule has 0 aliphatic heterocycles. The number of alkyl halides is 14. The van der Waals surface area contributed by atoms with Crippen molar-refractivity contribution in [2.24, 2.45) is 0 Å². The summed E-state index contributed by atoms with van der Waals surface area (Å²) in [6.07, 6.45) is -25.7. The van der Waals surface area contributed by atoms with Crippen molar-refractivity contribution in [1.29, 1.82) is 0 Å². The molecule has 0 aromatic heterocycles. The standard InChI is InChI=1S/C13H16BrF13O5Si/c1-4-28-33(29-5-2,30-6-3)8(16,17)7(15)31-11(22,23)9(18,19)12(24,25)32-13(26,27)10(14,20)21/h7H,4-6H2,1-3H3. The molecule has 5 nitrogen and oxygen atoms in total. The zero-order valence-corrected chi connectivity index (χ0v) is 19.1. The minimum atomic E-state index is -7.39. The van der Waals surface area contributed by atoms with Crippen molar-refractivity contribution in [3.8, 4) is 0 Å². The first kappa shape index (κ1) is 32.6. The minimum absolute atomic E-state index is 0.719. The molecule has 20 heteroatoms. The van der Waals surface area contributed by atoms with Gasteiger partial charge in [0, 0.05) is 35.8 Å². The summed E-state index contributed by atoms with van der Waals surface area (Å²) in [5.41, 5.74) is -5.45. The Morgan fingerprint density at radius 1 is 0.667 bits per heavy atom. The number of rotatable bonds is 15. The first-order chi connectivity index (χ1) is 14.5. The lowest BCUT2D eigenvalue weighted by Crippen LogP contribution is -2.67. The van der Waals surface area contributed by atoms with Crippen molar-refractivity contribution in [2.75, 3.05) is 19.8 Å². The summed E-state index contributed by atoms with van der Waals surface area (Å²) in [5.74, 6) is -7.39. The van der Waals surface area contributed by atoms with E-state index in [1.807, 2.05) is 4.74 Å². The molecule has 0 fully saturated rings. The predicted molar refractivity (Wildman–Crippen MR) is 86.3 cm³/mol. The summed E-state index contributed by atoms with van der Waals surface area (Å²) < 4.78 is 193. The van der Waals surface area contributed by atoms with Crippen molar-refractivity contribution in [3.63, 3.8) is 0 Å². The zero-order valence-electron chi connectivity index (χ0n) is 16.5. The van der Waals surface area contributed by atoms with E-state index in [-0.39, 0.29) is 0 Å². The molecule has 0 bridgehead atoms. The maximum atomic E-state index is 14.5. The van der Waals surface area contributed by atoms with Gasteiger partial charge in [0.15, 0.2) is 0 Å². The highest BCUT2D eigenvalue weighted by atomic mass is 79.9. The van der Waals surface area contributed by atoms with Crippen LogP contribution in [0.4, 0.5) is 57.1 Å². The molecule has 0 saturated heterocycles. The van der Waals surface area contributed by atoms with Crippen LogP contribution in [0.15, 0.2) is 0 Å². The quantitative estimate of drug-likeness (QED) is 0.131. The van der Waals surface area contributed by atoms with E-state index in [0.717, 1.165) is 36.7 Å². The SMILES string of the molecule is CCO[Si](OCC)(OCC)C(F)(F)C(F)OC(F)(F)C(F)(F)C(F)(F)OC(F)(F)C(F)(F)Br. The Balaban J connectivity index is 6.11. The van der Waals surface area contributed by atoms with Crippen LogP contribution < -0.4 is 0 Å². The first-order valence-corrected chi connectivity index (χ1v) is 10.9. The summed E-state index contributed by atoms with van der Waals surface area (Å²) in [4.78, 5) is -5.77. The molecule has 0 aliphatic carbocycles. The van der Waals surface area contributed by atoms with Crippen molar-refractivity contribution < 1.29 is 79.8 Å². The maximum Gasteiger partial charge on any atom is 0.581 e. The monoisotopic (exact) mass is 606 g/mol. The molecule has 0 radical (unpaired) electrons. The van der Waals surface area contributed by atoms with Crippen molar-refractivity contribution >= 4 is 24.7 Å². The minimum Gasteiger partial charge on any atom is -0.370 e. The van der Waals surface area contributed by atoms with E-state index in [1.54, 1.807) is 0 Å². The van der Waals surface area contributed by atoms with Gasteiger partial charge in [0.25, 0.3) is 6.36 Å². The van der Waals surface area contributed by atoms with E-state index in [0.29, 0.717) is 0 Å². The highest BCUT2D eigenvalue weighted by molar-refractivity contribution is 9.10. The summed E-state index contributed by atoms with van der Waals surface area (Å²) in [6.45, 7) is 0.938. The van der Waals surface area contributed by atoms with Gasteiger partial charge >= 0.3 is 43.4 Å². The number of hydrogen-bond acceptors (Lipinski definition) is 5. The Morgan fingerprint density at radius 2 is 1.03 bits per heavy atom. The fraction of sp³-hybridized carbons (Fsp3) is 1.00. The van der Waals surface area contributed by atoms with Crippen LogP contribution in [0.2, 0.25) is 0 Å². The average Bonchev–Trinajstić information content (AvgIpc) is 2.59. The maximum absolute atomic E-state index is 14.5. The van der Waals surface area contributed by atoms with Gasteiger partial charge in [0.05, 0.1) is 0 Å². The van der Waals surface area contributed by atoms with Gasteiger partial charge in [-0.05, 0) is 20.8 Å². The average molecular weight is 607 g/mol. The van der Waals surface area contributed by atoms with E-state index in [2.05, 4.69) is 18.0 Å². The molecule has 1 atom stereocenters. The molecule has 0 rings (SSSR count). The normalized spacial score (nSPS) is 16.3. The van der Waals surface area contributed by atoms with Gasteiger partial charge < -0.3 is 13.3 Å². The van der Waals surface area contributed by atoms with Gasteiger partial charge in [-0.2, -0.15) is 52.7 Å². The van der Waals surface area contributed by atoms with Crippen LogP contribution in [0, 0.1) is 0 Å². The number of ether oxygens (including phenoxy) is 2. The molecular formula is C13H16BrF13O5Si. The third kappa shape index (κ3) is 6.63. The molecule has 0 N–H and O–H groups in total. The van der Waals surface area contributed by atoms with Gasteiger partial charge in [-0.25, -0.2) is 9.13 Å². The van der Waals surface area contributed by atoms with E-state index >= 15 is 0 Å². The molecule has 0 aliphatic rings. The first-order valence-electron chi connectivity index (χ1n) is 8.41. The second-order valence-corrected chi connectivity index (χ2v) is 9.28. The third-order valence-electron chi connectivity index (χ3n) is 3.27. The van der Waals surface area contributed by atoms with Crippen LogP contribution in [0.3, 0.4) is 0 Å². The second kappa shape index (κ2) is 10.7.